The third-order valence-electron chi connectivity index (χ3n) is 3.85. The van der Waals surface area contributed by atoms with Crippen molar-refractivity contribution in [3.8, 4) is 28.6 Å². The third-order valence-corrected chi connectivity index (χ3v) is 6.17. The van der Waals surface area contributed by atoms with Crippen molar-refractivity contribution >= 4 is 69.0 Å². The van der Waals surface area contributed by atoms with E-state index in [-0.39, 0.29) is 15.8 Å². The molecule has 0 aliphatic carbocycles. The first kappa shape index (κ1) is 22.7. The number of carboxylic acids is 1. The number of nitrogens with one attached hydrogen (secondary N) is 1. The SMILES string of the molecule is COc1cc(OC)cc(-c2nc(S/C(=C\c3cc(I)cc(I)c3O)C(=O)O)n[nH]2)c1. The van der Waals surface area contributed by atoms with Crippen LogP contribution in [-0.4, -0.2) is 45.6 Å². The number of hydrogen-bond acceptors (Lipinski definition) is 7. The summed E-state index contributed by atoms with van der Waals surface area (Å²) in [6, 6.07) is 8.75. The van der Waals surface area contributed by atoms with Gasteiger partial charge in [0.15, 0.2) is 5.82 Å². The number of hydrogen-bond donors (Lipinski definition) is 3. The molecule has 1 heterocycles. The minimum atomic E-state index is -1.15. The van der Waals surface area contributed by atoms with Crippen LogP contribution in [0, 0.1) is 7.14 Å². The van der Waals surface area contributed by atoms with Crippen LogP contribution in [-0.2, 0) is 4.79 Å². The smallest absolute Gasteiger partial charge is 0.342 e. The van der Waals surface area contributed by atoms with Gasteiger partial charge in [-0.15, -0.1) is 5.10 Å². The Morgan fingerprint density at radius 3 is 2.40 bits per heavy atom. The summed E-state index contributed by atoms with van der Waals surface area (Å²) in [5.41, 5.74) is 1.08. The molecular formula is C19H15I2N3O5S. The number of H-pyrrole nitrogens is 1. The van der Waals surface area contributed by atoms with Crippen molar-refractivity contribution in [2.24, 2.45) is 0 Å². The number of phenols is 1. The summed E-state index contributed by atoms with van der Waals surface area (Å²) in [4.78, 5) is 16.1. The molecule has 3 rings (SSSR count). The zero-order chi connectivity index (χ0) is 21.8. The van der Waals surface area contributed by atoms with Gasteiger partial charge in [0.25, 0.3) is 0 Å². The van der Waals surface area contributed by atoms with E-state index in [1.54, 1.807) is 44.6 Å². The first-order valence-corrected chi connectivity index (χ1v) is 11.2. The van der Waals surface area contributed by atoms with Crippen LogP contribution in [0.1, 0.15) is 5.56 Å². The molecular weight excluding hydrogens is 636 g/mol. The molecule has 8 nitrogen and oxygen atoms in total. The Morgan fingerprint density at radius 1 is 1.13 bits per heavy atom. The highest BCUT2D eigenvalue weighted by molar-refractivity contribution is 14.1. The van der Waals surface area contributed by atoms with Crippen molar-refractivity contribution in [2.75, 3.05) is 14.2 Å². The summed E-state index contributed by atoms with van der Waals surface area (Å²) in [7, 11) is 3.09. The molecule has 0 atom stereocenters. The van der Waals surface area contributed by atoms with Gasteiger partial charge in [-0.2, -0.15) is 0 Å². The number of methoxy groups -OCH3 is 2. The lowest BCUT2D eigenvalue weighted by atomic mass is 10.2. The molecule has 0 amide bonds. The van der Waals surface area contributed by atoms with Gasteiger partial charge in [0, 0.05) is 20.8 Å². The number of aliphatic carboxylic acids is 1. The van der Waals surface area contributed by atoms with Crippen LogP contribution < -0.4 is 9.47 Å². The molecule has 11 heteroatoms. The van der Waals surface area contributed by atoms with E-state index >= 15 is 0 Å². The second-order valence-corrected chi connectivity index (χ2v) is 9.23. The number of aromatic nitrogens is 3. The lowest BCUT2D eigenvalue weighted by Gasteiger charge is -2.06. The summed E-state index contributed by atoms with van der Waals surface area (Å²) in [5.74, 6) is 0.484. The Bertz CT molecular complexity index is 1110. The van der Waals surface area contributed by atoms with Crippen molar-refractivity contribution in [1.29, 1.82) is 0 Å². The Hall–Kier alpha value is -2.00. The fraction of sp³-hybridized carbons (Fsp3) is 0.105. The van der Waals surface area contributed by atoms with E-state index in [9.17, 15) is 15.0 Å². The van der Waals surface area contributed by atoms with Gasteiger partial charge in [0.2, 0.25) is 5.16 Å². The van der Waals surface area contributed by atoms with Gasteiger partial charge in [-0.25, -0.2) is 9.78 Å². The normalized spacial score (nSPS) is 11.4. The topological polar surface area (TPSA) is 118 Å². The number of ether oxygens (including phenoxy) is 2. The van der Waals surface area contributed by atoms with E-state index in [1.165, 1.54) is 6.08 Å². The molecule has 3 N–H and O–H groups in total. The average molecular weight is 651 g/mol. The maximum absolute atomic E-state index is 11.8. The highest BCUT2D eigenvalue weighted by Crippen LogP contribution is 2.34. The van der Waals surface area contributed by atoms with E-state index in [1.807, 2.05) is 22.6 Å². The molecule has 0 radical (unpaired) electrons. The Kier molecular flexibility index (Phi) is 7.46. The number of aromatic hydroxyl groups is 1. The number of carbonyl (C=O) groups is 1. The number of carboxylic acid groups (broad SMARTS) is 1. The minimum absolute atomic E-state index is 0.0227. The van der Waals surface area contributed by atoms with E-state index in [0.717, 1.165) is 15.3 Å². The number of phenolic OH excluding ortho intramolecular Hbond substituents is 1. The van der Waals surface area contributed by atoms with Crippen LogP contribution >= 0.6 is 56.9 Å². The van der Waals surface area contributed by atoms with Gasteiger partial charge in [0.05, 0.1) is 17.8 Å². The van der Waals surface area contributed by atoms with Crippen molar-refractivity contribution < 1.29 is 24.5 Å². The Balaban J connectivity index is 1.92. The number of thioether (sulfide) groups is 1. The highest BCUT2D eigenvalue weighted by atomic mass is 127. The second kappa shape index (κ2) is 9.87. The molecule has 0 aliphatic rings. The fourth-order valence-electron chi connectivity index (χ4n) is 2.44. The monoisotopic (exact) mass is 651 g/mol. The lowest BCUT2D eigenvalue weighted by molar-refractivity contribution is -0.131. The first-order chi connectivity index (χ1) is 14.3. The van der Waals surface area contributed by atoms with Crippen LogP contribution in [0.15, 0.2) is 40.4 Å². The number of rotatable bonds is 7. The fourth-order valence-corrected chi connectivity index (χ4v) is 5.02. The third kappa shape index (κ3) is 5.37. The zero-order valence-electron chi connectivity index (χ0n) is 15.6. The highest BCUT2D eigenvalue weighted by Gasteiger charge is 2.17. The molecule has 3 aromatic rings. The van der Waals surface area contributed by atoms with E-state index in [2.05, 4.69) is 37.8 Å². The van der Waals surface area contributed by atoms with E-state index in [4.69, 9.17) is 9.47 Å². The first-order valence-electron chi connectivity index (χ1n) is 8.27. The van der Waals surface area contributed by atoms with Crippen molar-refractivity contribution in [3.05, 3.63) is 47.9 Å². The molecule has 0 saturated heterocycles. The van der Waals surface area contributed by atoms with E-state index < -0.39 is 5.97 Å². The summed E-state index contributed by atoms with van der Waals surface area (Å²) < 4.78 is 12.0. The van der Waals surface area contributed by atoms with Gasteiger partial charge in [-0.05, 0) is 87.3 Å². The Morgan fingerprint density at radius 2 is 1.80 bits per heavy atom. The Labute approximate surface area is 203 Å². The predicted octanol–water partition coefficient (Wildman–Crippen LogP) is 4.62. The quantitative estimate of drug-likeness (QED) is 0.193. The van der Waals surface area contributed by atoms with Crippen LogP contribution in [0.2, 0.25) is 0 Å². The number of aromatic amines is 1. The number of halogens is 2. The standard InChI is InChI=1S/C19H15I2N3O5S/c1-28-12-4-10(5-13(8-12)29-2)17-22-19(24-23-17)30-15(18(26)27)6-9-3-11(20)7-14(21)16(9)25/h3-8,25H,1-2H3,(H,26,27)(H,22,23,24)/b15-6-. The van der Waals surface area contributed by atoms with Gasteiger partial charge in [-0.3, -0.25) is 5.10 Å². The second-order valence-electron chi connectivity index (χ2n) is 5.81. The summed E-state index contributed by atoms with van der Waals surface area (Å²) in [6.07, 6.45) is 1.40. The molecule has 0 fully saturated rings. The average Bonchev–Trinajstić information content (AvgIpc) is 3.19. The van der Waals surface area contributed by atoms with Gasteiger partial charge in [-0.1, -0.05) is 0 Å². The summed E-state index contributed by atoms with van der Waals surface area (Å²) >= 11 is 4.98. The molecule has 156 valence electrons. The zero-order valence-corrected chi connectivity index (χ0v) is 20.8. The lowest BCUT2D eigenvalue weighted by Crippen LogP contribution is -1.98. The summed E-state index contributed by atoms with van der Waals surface area (Å²) in [5, 5.41) is 27.0. The maximum atomic E-state index is 11.8. The molecule has 0 saturated carbocycles. The van der Waals surface area contributed by atoms with Gasteiger partial charge in [0.1, 0.15) is 22.2 Å². The molecule has 30 heavy (non-hydrogen) atoms. The van der Waals surface area contributed by atoms with Crippen molar-refractivity contribution in [3.63, 3.8) is 0 Å². The molecule has 0 spiro atoms. The molecule has 0 bridgehead atoms. The maximum Gasteiger partial charge on any atom is 0.342 e. The number of nitrogens with zero attached hydrogens (tertiary/aromatic N) is 2. The van der Waals surface area contributed by atoms with Crippen molar-refractivity contribution in [2.45, 2.75) is 5.16 Å². The molecule has 1 aromatic heterocycles. The van der Waals surface area contributed by atoms with E-state index in [0.29, 0.717) is 32.0 Å². The van der Waals surface area contributed by atoms with Gasteiger partial charge >= 0.3 is 5.97 Å². The predicted molar refractivity (Wildman–Crippen MR) is 130 cm³/mol. The molecule has 2 aromatic carbocycles. The molecule has 0 aliphatic heterocycles. The number of benzene rings is 2. The van der Waals surface area contributed by atoms with Crippen LogP contribution in [0.25, 0.3) is 17.5 Å². The van der Waals surface area contributed by atoms with Crippen LogP contribution in [0.3, 0.4) is 0 Å². The van der Waals surface area contributed by atoms with Crippen LogP contribution in [0.4, 0.5) is 0 Å². The largest absolute Gasteiger partial charge is 0.506 e. The molecule has 0 unspecified atom stereocenters. The summed E-state index contributed by atoms with van der Waals surface area (Å²) in [6.45, 7) is 0. The van der Waals surface area contributed by atoms with Crippen LogP contribution in [0.5, 0.6) is 17.2 Å². The minimum Gasteiger partial charge on any atom is -0.506 e. The van der Waals surface area contributed by atoms with Crippen molar-refractivity contribution in [1.82, 2.24) is 15.2 Å². The van der Waals surface area contributed by atoms with Gasteiger partial charge < -0.3 is 19.7 Å².